The summed E-state index contributed by atoms with van der Waals surface area (Å²) in [7, 11) is 3.06. The van der Waals surface area contributed by atoms with E-state index in [1.54, 1.807) is 66.7 Å². The van der Waals surface area contributed by atoms with E-state index in [0.717, 1.165) is 9.37 Å². The van der Waals surface area contributed by atoms with E-state index in [-0.39, 0.29) is 22.9 Å². The van der Waals surface area contributed by atoms with Crippen LogP contribution in [-0.2, 0) is 9.59 Å². The van der Waals surface area contributed by atoms with E-state index in [0.29, 0.717) is 28.4 Å². The van der Waals surface area contributed by atoms with E-state index in [4.69, 9.17) is 9.47 Å². The van der Waals surface area contributed by atoms with Crippen LogP contribution < -0.4 is 25.4 Å². The third kappa shape index (κ3) is 9.19. The highest BCUT2D eigenvalue weighted by atomic mass is 79.9. The Hall–Kier alpha value is -4.61. The molecule has 0 aliphatic carbocycles. The Labute approximate surface area is 260 Å². The molecule has 0 heterocycles. The second kappa shape index (κ2) is 15.0. The molecule has 0 radical (unpaired) electrons. The zero-order chi connectivity index (χ0) is 30.8. The average molecular weight is 665 g/mol. The average Bonchev–Trinajstić information content (AvgIpc) is 3.01. The van der Waals surface area contributed by atoms with Crippen LogP contribution in [0.15, 0.2) is 106 Å². The molecule has 3 N–H and O–H groups in total. The summed E-state index contributed by atoms with van der Waals surface area (Å²) in [5.74, 6) is -1.01. The molecular formula is C32H27BrFN3O5S. The first-order valence-electron chi connectivity index (χ1n) is 12.8. The molecule has 4 rings (SSSR count). The van der Waals surface area contributed by atoms with E-state index in [1.165, 1.54) is 56.3 Å². The van der Waals surface area contributed by atoms with Gasteiger partial charge in [0.2, 0.25) is 5.91 Å². The van der Waals surface area contributed by atoms with Gasteiger partial charge in [-0.1, -0.05) is 40.2 Å². The van der Waals surface area contributed by atoms with Gasteiger partial charge in [0.25, 0.3) is 11.8 Å². The van der Waals surface area contributed by atoms with Crippen molar-refractivity contribution in [2.75, 3.05) is 30.6 Å². The molecule has 0 saturated heterocycles. The van der Waals surface area contributed by atoms with Crippen molar-refractivity contribution < 1.29 is 28.2 Å². The van der Waals surface area contributed by atoms with Gasteiger partial charge in [-0.15, -0.1) is 11.8 Å². The van der Waals surface area contributed by atoms with Gasteiger partial charge in [0.1, 0.15) is 23.0 Å². The number of halogens is 2. The SMILES string of the molecule is COc1cc(NC(=O)CSc2ccc(NC(=O)/C(=C/c3ccc(Br)cc3)NC(=O)c3ccccc3F)cc2)cc(OC)c1. The van der Waals surface area contributed by atoms with Crippen LogP contribution in [0.1, 0.15) is 15.9 Å². The molecule has 8 nitrogen and oxygen atoms in total. The molecule has 11 heteroatoms. The van der Waals surface area contributed by atoms with E-state index < -0.39 is 17.6 Å². The molecule has 3 amide bonds. The largest absolute Gasteiger partial charge is 0.497 e. The van der Waals surface area contributed by atoms with Crippen LogP contribution in [-0.4, -0.2) is 37.7 Å². The Bertz CT molecular complexity index is 1620. The van der Waals surface area contributed by atoms with E-state index in [2.05, 4.69) is 31.9 Å². The molecule has 43 heavy (non-hydrogen) atoms. The molecular weight excluding hydrogens is 637 g/mol. The normalized spacial score (nSPS) is 10.9. The van der Waals surface area contributed by atoms with E-state index in [1.807, 2.05) is 0 Å². The predicted octanol–water partition coefficient (Wildman–Crippen LogP) is 6.75. The van der Waals surface area contributed by atoms with Gasteiger partial charge >= 0.3 is 0 Å². The standard InChI is InChI=1S/C32H27BrFN3O5S/c1-41-24-16-23(17-25(18-24)42-2)35-30(38)19-43-26-13-11-22(12-14-26)36-32(40)29(15-20-7-9-21(33)10-8-20)37-31(39)27-5-3-4-6-28(27)34/h3-18H,19H2,1-2H3,(H,35,38)(H,36,40)(H,37,39)/b29-15-. The van der Waals surface area contributed by atoms with Gasteiger partial charge in [0.15, 0.2) is 0 Å². The molecule has 0 aliphatic heterocycles. The van der Waals surface area contributed by atoms with Crippen molar-refractivity contribution in [3.05, 3.63) is 118 Å². The number of carbonyl (C=O) groups is 3. The number of hydrogen-bond donors (Lipinski definition) is 3. The van der Waals surface area contributed by atoms with Crippen LogP contribution in [0.2, 0.25) is 0 Å². The quantitative estimate of drug-likeness (QED) is 0.121. The van der Waals surface area contributed by atoms with Crippen LogP contribution in [0.4, 0.5) is 15.8 Å². The molecule has 0 atom stereocenters. The Kier molecular flexibility index (Phi) is 11.0. The molecule has 0 aromatic heterocycles. The van der Waals surface area contributed by atoms with Gasteiger partial charge in [0.05, 0.1) is 25.5 Å². The lowest BCUT2D eigenvalue weighted by Crippen LogP contribution is -2.31. The number of benzene rings is 4. The number of anilines is 2. The third-order valence-corrected chi connectivity index (χ3v) is 7.45. The Balaban J connectivity index is 1.40. The molecule has 4 aromatic carbocycles. The number of hydrogen-bond acceptors (Lipinski definition) is 6. The fraction of sp³-hybridized carbons (Fsp3) is 0.0938. The second-order valence-electron chi connectivity index (χ2n) is 8.96. The number of ether oxygens (including phenoxy) is 2. The smallest absolute Gasteiger partial charge is 0.272 e. The summed E-state index contributed by atoms with van der Waals surface area (Å²) in [4.78, 5) is 39.3. The van der Waals surface area contributed by atoms with Gasteiger partial charge in [0, 0.05) is 38.9 Å². The number of amides is 3. The van der Waals surface area contributed by atoms with E-state index >= 15 is 0 Å². The highest BCUT2D eigenvalue weighted by molar-refractivity contribution is 9.10. The highest BCUT2D eigenvalue weighted by Gasteiger charge is 2.17. The minimum absolute atomic E-state index is 0.0696. The van der Waals surface area contributed by atoms with E-state index in [9.17, 15) is 18.8 Å². The summed E-state index contributed by atoms with van der Waals surface area (Å²) < 4.78 is 25.5. The van der Waals surface area contributed by atoms with Crippen molar-refractivity contribution in [2.24, 2.45) is 0 Å². The highest BCUT2D eigenvalue weighted by Crippen LogP contribution is 2.27. The summed E-state index contributed by atoms with van der Waals surface area (Å²) >= 11 is 4.69. The topological polar surface area (TPSA) is 106 Å². The molecule has 0 saturated carbocycles. The van der Waals surface area contributed by atoms with Crippen LogP contribution in [0.5, 0.6) is 11.5 Å². The summed E-state index contributed by atoms with van der Waals surface area (Å²) in [5, 5.41) is 8.11. The lowest BCUT2D eigenvalue weighted by molar-refractivity contribution is -0.114. The minimum atomic E-state index is -0.756. The Morgan fingerprint density at radius 2 is 1.49 bits per heavy atom. The van der Waals surface area contributed by atoms with Gasteiger partial charge in [-0.2, -0.15) is 0 Å². The first kappa shape index (κ1) is 31.3. The zero-order valence-electron chi connectivity index (χ0n) is 23.2. The number of nitrogens with one attached hydrogen (secondary N) is 3. The van der Waals surface area contributed by atoms with Crippen molar-refractivity contribution in [1.29, 1.82) is 0 Å². The summed E-state index contributed by atoms with van der Waals surface area (Å²) in [5.41, 5.74) is 1.41. The fourth-order valence-electron chi connectivity index (χ4n) is 3.78. The van der Waals surface area contributed by atoms with Gasteiger partial charge in [-0.25, -0.2) is 4.39 Å². The second-order valence-corrected chi connectivity index (χ2v) is 10.9. The van der Waals surface area contributed by atoms with Crippen LogP contribution in [0, 0.1) is 5.82 Å². The van der Waals surface area contributed by atoms with Crippen molar-refractivity contribution in [3.8, 4) is 11.5 Å². The van der Waals surface area contributed by atoms with Crippen LogP contribution in [0.3, 0.4) is 0 Å². The lowest BCUT2D eigenvalue weighted by atomic mass is 10.1. The van der Waals surface area contributed by atoms with Crippen molar-refractivity contribution in [1.82, 2.24) is 5.32 Å². The predicted molar refractivity (Wildman–Crippen MR) is 170 cm³/mol. The molecule has 0 spiro atoms. The summed E-state index contributed by atoms with van der Waals surface area (Å²) in [6.07, 6.45) is 1.50. The van der Waals surface area contributed by atoms with Gasteiger partial charge < -0.3 is 25.4 Å². The molecule has 0 fully saturated rings. The number of rotatable bonds is 11. The Morgan fingerprint density at radius 3 is 2.12 bits per heavy atom. The molecule has 0 bridgehead atoms. The van der Waals surface area contributed by atoms with Crippen LogP contribution >= 0.6 is 27.7 Å². The van der Waals surface area contributed by atoms with Crippen molar-refractivity contribution in [3.63, 3.8) is 0 Å². The lowest BCUT2D eigenvalue weighted by Gasteiger charge is -2.12. The third-order valence-electron chi connectivity index (χ3n) is 5.91. The monoisotopic (exact) mass is 663 g/mol. The molecule has 0 aliphatic rings. The Morgan fingerprint density at radius 1 is 0.837 bits per heavy atom. The summed E-state index contributed by atoms with van der Waals surface area (Å²) in [6.45, 7) is 0. The number of thioether (sulfide) groups is 1. The van der Waals surface area contributed by atoms with Crippen molar-refractivity contribution >= 4 is 62.9 Å². The zero-order valence-corrected chi connectivity index (χ0v) is 25.6. The molecule has 0 unspecified atom stereocenters. The maximum atomic E-state index is 14.2. The first-order chi connectivity index (χ1) is 20.7. The molecule has 220 valence electrons. The fourth-order valence-corrected chi connectivity index (χ4v) is 4.74. The first-order valence-corrected chi connectivity index (χ1v) is 14.6. The number of methoxy groups -OCH3 is 2. The van der Waals surface area contributed by atoms with Crippen molar-refractivity contribution in [2.45, 2.75) is 4.90 Å². The minimum Gasteiger partial charge on any atom is -0.497 e. The maximum Gasteiger partial charge on any atom is 0.272 e. The van der Waals surface area contributed by atoms with Crippen LogP contribution in [0.25, 0.3) is 6.08 Å². The maximum absolute atomic E-state index is 14.2. The van der Waals surface area contributed by atoms with Gasteiger partial charge in [-0.05, 0) is 60.2 Å². The van der Waals surface area contributed by atoms with Gasteiger partial charge in [-0.3, -0.25) is 14.4 Å². The molecule has 4 aromatic rings. The summed E-state index contributed by atoms with van der Waals surface area (Å²) in [6, 6.07) is 24.6. The number of carbonyl (C=O) groups excluding carboxylic acids is 3.